The Morgan fingerprint density at radius 2 is 0.857 bits per heavy atom. The van der Waals surface area contributed by atoms with E-state index in [2.05, 4.69) is 14.0 Å². The van der Waals surface area contributed by atoms with Crippen LogP contribution in [-0.4, -0.2) is 44.6 Å². The van der Waals surface area contributed by atoms with Crippen molar-refractivity contribution >= 4 is 13.4 Å². The molecule has 4 aliphatic rings. The molecule has 4 fully saturated rings. The topological polar surface area (TPSA) is 0 Å². The van der Waals surface area contributed by atoms with E-state index in [0.717, 1.165) is 36.7 Å². The molecule has 0 unspecified atom stereocenters. The largest absolute Gasteiger partial charge is 1.00 e. The highest BCUT2D eigenvalue weighted by molar-refractivity contribution is 6.63. The standard InChI is InChI=1S/C31H60B2N.BrH/c1-3-4-25-34(2,26-9-5-7-23-32-28-15-11-16-29(32)18-12-17-28)27-10-6-8-24-33-30-19-13-20-31(33)22-14-21-30;/h28-31H,3-27H2,1-2H3;1H/q+1;/p-1. The molecule has 0 amide bonds. The van der Waals surface area contributed by atoms with Crippen molar-refractivity contribution in [2.24, 2.45) is 0 Å². The zero-order valence-corrected chi connectivity index (χ0v) is 25.6. The summed E-state index contributed by atoms with van der Waals surface area (Å²) < 4.78 is 1.37. The van der Waals surface area contributed by atoms with Gasteiger partial charge in [-0.15, -0.1) is 0 Å². The van der Waals surface area contributed by atoms with Crippen molar-refractivity contribution in [1.82, 2.24) is 0 Å². The number of fused-ring (bicyclic) bond motifs is 4. The first-order valence-electron chi connectivity index (χ1n) is 16.5. The van der Waals surface area contributed by atoms with Gasteiger partial charge in [-0.1, -0.05) is 139 Å². The summed E-state index contributed by atoms with van der Waals surface area (Å²) in [6, 6.07) is 0. The van der Waals surface area contributed by atoms with Crippen LogP contribution in [-0.2, 0) is 0 Å². The summed E-state index contributed by atoms with van der Waals surface area (Å²) in [6.07, 6.45) is 33.6. The number of rotatable bonds is 15. The SMILES string of the molecule is CCCC[N+](C)(CCCCCB1C2CCCC1CCC2)CCCCCB1C2CCCC1CCC2.[Br-]. The molecule has 0 saturated carbocycles. The lowest BCUT2D eigenvalue weighted by Gasteiger charge is -2.41. The van der Waals surface area contributed by atoms with Crippen molar-refractivity contribution in [3.8, 4) is 0 Å². The number of halogens is 1. The van der Waals surface area contributed by atoms with Crippen LogP contribution >= 0.6 is 0 Å². The van der Waals surface area contributed by atoms with Crippen molar-refractivity contribution in [2.45, 2.75) is 171 Å². The lowest BCUT2D eigenvalue weighted by atomic mass is 9.26. The summed E-state index contributed by atoms with van der Waals surface area (Å²) in [4.78, 5) is 0. The average molecular weight is 548 g/mol. The van der Waals surface area contributed by atoms with E-state index < -0.39 is 0 Å². The first-order chi connectivity index (χ1) is 16.7. The molecular formula is C31H60B2BrN. The van der Waals surface area contributed by atoms with Crippen molar-refractivity contribution in [3.05, 3.63) is 0 Å². The van der Waals surface area contributed by atoms with Crippen LogP contribution in [0.4, 0.5) is 0 Å². The molecule has 0 atom stereocenters. The molecule has 4 heterocycles. The Labute approximate surface area is 232 Å². The Hall–Kier alpha value is 0.570. The van der Waals surface area contributed by atoms with Gasteiger partial charge in [-0.2, -0.15) is 0 Å². The highest BCUT2D eigenvalue weighted by Gasteiger charge is 2.39. The maximum Gasteiger partial charge on any atom is 0.146 e. The second kappa shape index (κ2) is 15.9. The fourth-order valence-electron chi connectivity index (χ4n) is 9.55. The molecule has 0 spiro atoms. The van der Waals surface area contributed by atoms with E-state index in [4.69, 9.17) is 0 Å². The van der Waals surface area contributed by atoms with Crippen molar-refractivity contribution in [1.29, 1.82) is 0 Å². The molecule has 4 aliphatic heterocycles. The predicted octanol–water partition coefficient (Wildman–Crippen LogP) is 6.78. The maximum absolute atomic E-state index is 2.60. The van der Waals surface area contributed by atoms with Gasteiger partial charge in [-0.25, -0.2) is 0 Å². The van der Waals surface area contributed by atoms with Crippen LogP contribution in [0.1, 0.15) is 135 Å². The molecule has 4 bridgehead atoms. The van der Waals surface area contributed by atoms with E-state index in [0.29, 0.717) is 0 Å². The fourth-order valence-corrected chi connectivity index (χ4v) is 9.55. The summed E-state index contributed by atoms with van der Waals surface area (Å²) in [5.74, 6) is 4.47. The van der Waals surface area contributed by atoms with Crippen LogP contribution < -0.4 is 17.0 Å². The van der Waals surface area contributed by atoms with Crippen molar-refractivity contribution in [3.63, 3.8) is 0 Å². The smallest absolute Gasteiger partial charge is 0.146 e. The Kier molecular flexibility index (Phi) is 13.6. The molecule has 0 aliphatic carbocycles. The van der Waals surface area contributed by atoms with Gasteiger partial charge < -0.3 is 21.5 Å². The predicted molar refractivity (Wildman–Crippen MR) is 155 cm³/mol. The Morgan fingerprint density at radius 3 is 1.20 bits per heavy atom. The van der Waals surface area contributed by atoms with Gasteiger partial charge in [-0.3, -0.25) is 0 Å². The third kappa shape index (κ3) is 9.07. The summed E-state index contributed by atoms with van der Waals surface area (Å²) in [7, 11) is 2.60. The van der Waals surface area contributed by atoms with Crippen molar-refractivity contribution in [2.75, 3.05) is 26.7 Å². The Balaban J connectivity index is 0.00000342. The molecule has 0 N–H and O–H groups in total. The summed E-state index contributed by atoms with van der Waals surface area (Å²) in [5, 5.41) is 0. The molecule has 4 saturated heterocycles. The van der Waals surface area contributed by atoms with Crippen LogP contribution in [0.3, 0.4) is 0 Å². The van der Waals surface area contributed by atoms with E-state index >= 15 is 0 Å². The van der Waals surface area contributed by atoms with Gasteiger partial charge in [-0.05, 0) is 32.1 Å². The normalized spacial score (nSPS) is 30.0. The number of quaternary nitrogens is 1. The summed E-state index contributed by atoms with van der Waals surface area (Å²) in [5.41, 5.74) is 0. The molecule has 0 aromatic rings. The summed E-state index contributed by atoms with van der Waals surface area (Å²) >= 11 is 0. The maximum atomic E-state index is 2.60. The van der Waals surface area contributed by atoms with E-state index in [-0.39, 0.29) is 17.0 Å². The molecule has 1 nitrogen and oxygen atoms in total. The van der Waals surface area contributed by atoms with Crippen LogP contribution in [0.5, 0.6) is 0 Å². The second-order valence-corrected chi connectivity index (χ2v) is 13.9. The lowest BCUT2D eigenvalue weighted by Crippen LogP contribution is -3.00. The lowest BCUT2D eigenvalue weighted by molar-refractivity contribution is -0.910. The minimum absolute atomic E-state index is 0. The molecule has 0 aromatic heterocycles. The van der Waals surface area contributed by atoms with Crippen LogP contribution in [0.2, 0.25) is 35.9 Å². The average Bonchev–Trinajstić information content (AvgIpc) is 2.82. The highest BCUT2D eigenvalue weighted by atomic mass is 79.9. The number of nitrogens with zero attached hydrogens (tertiary/aromatic N) is 1. The third-order valence-corrected chi connectivity index (χ3v) is 11.5. The van der Waals surface area contributed by atoms with Gasteiger partial charge in [0.05, 0.1) is 26.7 Å². The van der Waals surface area contributed by atoms with Crippen molar-refractivity contribution < 1.29 is 21.5 Å². The van der Waals surface area contributed by atoms with Gasteiger partial charge in [0.2, 0.25) is 0 Å². The van der Waals surface area contributed by atoms with Gasteiger partial charge in [0.25, 0.3) is 0 Å². The molecule has 0 aromatic carbocycles. The van der Waals surface area contributed by atoms with E-state index in [1.807, 2.05) is 0 Å². The number of unbranched alkanes of at least 4 members (excludes halogenated alkanes) is 5. The minimum Gasteiger partial charge on any atom is -1.00 e. The number of hydrogen-bond donors (Lipinski definition) is 0. The fraction of sp³-hybridized carbons (Fsp3) is 1.00. The van der Waals surface area contributed by atoms with Crippen LogP contribution in [0.25, 0.3) is 0 Å². The first kappa shape index (κ1) is 30.1. The van der Waals surface area contributed by atoms with Crippen LogP contribution in [0.15, 0.2) is 0 Å². The molecule has 0 radical (unpaired) electrons. The van der Waals surface area contributed by atoms with Gasteiger partial charge in [0.1, 0.15) is 13.4 Å². The third-order valence-electron chi connectivity index (χ3n) is 11.5. The monoisotopic (exact) mass is 547 g/mol. The molecular weight excluding hydrogens is 488 g/mol. The first-order valence-corrected chi connectivity index (χ1v) is 16.5. The highest BCUT2D eigenvalue weighted by Crippen LogP contribution is 2.49. The number of hydrogen-bond acceptors (Lipinski definition) is 0. The second-order valence-electron chi connectivity index (χ2n) is 13.9. The zero-order chi connectivity index (χ0) is 23.6. The minimum atomic E-state index is 0. The van der Waals surface area contributed by atoms with E-state index in [1.54, 1.807) is 89.7 Å². The summed E-state index contributed by atoms with van der Waals surface area (Å²) in [6.45, 7) is 8.94. The van der Waals surface area contributed by atoms with E-state index in [9.17, 15) is 0 Å². The van der Waals surface area contributed by atoms with Gasteiger partial charge in [0.15, 0.2) is 0 Å². The van der Waals surface area contributed by atoms with E-state index in [1.165, 1.54) is 75.5 Å². The molecule has 35 heavy (non-hydrogen) atoms. The Morgan fingerprint density at radius 1 is 0.514 bits per heavy atom. The van der Waals surface area contributed by atoms with Gasteiger partial charge >= 0.3 is 0 Å². The Bertz CT molecular complexity index is 486. The van der Waals surface area contributed by atoms with Gasteiger partial charge in [0, 0.05) is 0 Å². The molecule has 4 heteroatoms. The molecule has 202 valence electrons. The molecule has 4 rings (SSSR count). The van der Waals surface area contributed by atoms with Crippen LogP contribution in [0, 0.1) is 0 Å². The zero-order valence-electron chi connectivity index (χ0n) is 24.0. The quantitative estimate of drug-likeness (QED) is 0.120.